The van der Waals surface area contributed by atoms with Gasteiger partial charge in [-0.2, -0.15) is 5.10 Å². The van der Waals surface area contributed by atoms with Gasteiger partial charge in [-0.3, -0.25) is 10.00 Å². The van der Waals surface area contributed by atoms with Crippen molar-refractivity contribution in [2.45, 2.75) is 38.8 Å². The van der Waals surface area contributed by atoms with Crippen molar-refractivity contribution in [2.75, 3.05) is 5.32 Å². The molecule has 0 saturated heterocycles. The molecular weight excluding hydrogens is 284 g/mol. The van der Waals surface area contributed by atoms with Gasteiger partial charge in [0.05, 0.1) is 12.0 Å². The molecule has 0 aromatic carbocycles. The molecule has 2 atom stereocenters. The second kappa shape index (κ2) is 7.13. The van der Waals surface area contributed by atoms with Crippen LogP contribution < -0.4 is 10.6 Å². The highest BCUT2D eigenvalue weighted by Crippen LogP contribution is 2.18. The Labute approximate surface area is 129 Å². The molecule has 0 aliphatic carbocycles. The van der Waals surface area contributed by atoms with Gasteiger partial charge in [0.2, 0.25) is 0 Å². The van der Waals surface area contributed by atoms with Gasteiger partial charge in [0, 0.05) is 25.6 Å². The average Bonchev–Trinajstić information content (AvgIpc) is 3.09. The van der Waals surface area contributed by atoms with Gasteiger partial charge in [-0.15, -0.1) is 0 Å². The van der Waals surface area contributed by atoms with Gasteiger partial charge in [0.1, 0.15) is 17.7 Å². The maximum absolute atomic E-state index is 12.0. The summed E-state index contributed by atoms with van der Waals surface area (Å²) < 4.78 is 6.76. The van der Waals surface area contributed by atoms with E-state index in [1.807, 2.05) is 19.9 Å². The predicted octanol–water partition coefficient (Wildman–Crippen LogP) is 2.21. The third kappa shape index (κ3) is 4.11. The lowest BCUT2D eigenvalue weighted by Crippen LogP contribution is -2.37. The van der Waals surface area contributed by atoms with Crippen molar-refractivity contribution in [3.8, 4) is 0 Å². The summed E-state index contributed by atoms with van der Waals surface area (Å²) in [5.41, 5.74) is 0.916. The molecule has 2 heterocycles. The molecule has 0 unspecified atom stereocenters. The lowest BCUT2D eigenvalue weighted by molar-refractivity contribution is 0.130. The Morgan fingerprint density at radius 2 is 2.32 bits per heavy atom. The third-order valence-corrected chi connectivity index (χ3v) is 3.36. The van der Waals surface area contributed by atoms with Crippen LogP contribution in [0.15, 0.2) is 28.9 Å². The van der Waals surface area contributed by atoms with Crippen LogP contribution in [-0.4, -0.2) is 27.0 Å². The number of carbonyl (C=O) groups excluding carboxylic acids is 1. The SMILES string of the molecule is CCc1cc(NC(=O)N[C@@H](C)C[C@@H](O)c2ccco2)n(C)n1. The minimum absolute atomic E-state index is 0.209. The van der Waals surface area contributed by atoms with E-state index in [0.29, 0.717) is 18.0 Å². The number of aromatic nitrogens is 2. The van der Waals surface area contributed by atoms with E-state index in [1.165, 1.54) is 6.26 Å². The zero-order valence-electron chi connectivity index (χ0n) is 13.0. The fourth-order valence-corrected chi connectivity index (χ4v) is 2.18. The van der Waals surface area contributed by atoms with Crippen molar-refractivity contribution in [2.24, 2.45) is 7.05 Å². The molecule has 22 heavy (non-hydrogen) atoms. The molecule has 2 aromatic heterocycles. The van der Waals surface area contributed by atoms with E-state index >= 15 is 0 Å². The Kier molecular flexibility index (Phi) is 5.21. The number of carbonyl (C=O) groups is 1. The molecule has 0 spiro atoms. The van der Waals surface area contributed by atoms with Crippen LogP contribution in [0.1, 0.15) is 37.8 Å². The maximum atomic E-state index is 12.0. The lowest BCUT2D eigenvalue weighted by atomic mass is 10.1. The molecule has 2 aromatic rings. The number of aliphatic hydroxyl groups is 1. The Morgan fingerprint density at radius 1 is 1.55 bits per heavy atom. The number of nitrogens with zero attached hydrogens (tertiary/aromatic N) is 2. The molecule has 3 N–H and O–H groups in total. The van der Waals surface area contributed by atoms with Crippen molar-refractivity contribution in [1.82, 2.24) is 15.1 Å². The van der Waals surface area contributed by atoms with Crippen molar-refractivity contribution in [1.29, 1.82) is 0 Å². The number of urea groups is 1. The molecule has 0 radical (unpaired) electrons. The van der Waals surface area contributed by atoms with Crippen LogP contribution >= 0.6 is 0 Å². The van der Waals surface area contributed by atoms with Gasteiger partial charge in [0.25, 0.3) is 0 Å². The molecule has 0 saturated carbocycles. The second-order valence-electron chi connectivity index (χ2n) is 5.26. The van der Waals surface area contributed by atoms with Gasteiger partial charge in [-0.25, -0.2) is 4.79 Å². The number of nitrogens with one attached hydrogen (secondary N) is 2. The number of hydrogen-bond acceptors (Lipinski definition) is 4. The number of anilines is 1. The molecule has 120 valence electrons. The van der Waals surface area contributed by atoms with Gasteiger partial charge in [0.15, 0.2) is 0 Å². The third-order valence-electron chi connectivity index (χ3n) is 3.36. The van der Waals surface area contributed by atoms with Crippen LogP contribution in [0, 0.1) is 0 Å². The number of hydrogen-bond donors (Lipinski definition) is 3. The number of rotatable bonds is 6. The average molecular weight is 306 g/mol. The summed E-state index contributed by atoms with van der Waals surface area (Å²) >= 11 is 0. The number of aliphatic hydroxyl groups excluding tert-OH is 1. The Hall–Kier alpha value is -2.28. The summed E-state index contributed by atoms with van der Waals surface area (Å²) in [4.78, 5) is 12.0. The molecule has 0 aliphatic heterocycles. The van der Waals surface area contributed by atoms with Crippen LogP contribution in [0.25, 0.3) is 0 Å². The molecule has 0 aliphatic rings. The Balaban J connectivity index is 1.84. The normalized spacial score (nSPS) is 13.6. The van der Waals surface area contributed by atoms with E-state index in [2.05, 4.69) is 15.7 Å². The summed E-state index contributed by atoms with van der Waals surface area (Å²) in [5, 5.41) is 19.8. The van der Waals surface area contributed by atoms with E-state index in [1.54, 1.807) is 23.9 Å². The molecule has 2 amide bonds. The minimum Gasteiger partial charge on any atom is -0.467 e. The highest BCUT2D eigenvalue weighted by atomic mass is 16.4. The fraction of sp³-hybridized carbons (Fsp3) is 0.467. The fourth-order valence-electron chi connectivity index (χ4n) is 2.18. The molecule has 2 rings (SSSR count). The van der Waals surface area contributed by atoms with Gasteiger partial charge >= 0.3 is 6.03 Å². The summed E-state index contributed by atoms with van der Waals surface area (Å²) in [7, 11) is 1.78. The maximum Gasteiger partial charge on any atom is 0.320 e. The monoisotopic (exact) mass is 306 g/mol. The van der Waals surface area contributed by atoms with E-state index in [4.69, 9.17) is 4.42 Å². The number of amides is 2. The first-order chi connectivity index (χ1) is 10.5. The highest BCUT2D eigenvalue weighted by Gasteiger charge is 2.17. The molecular formula is C15H22N4O3. The van der Waals surface area contributed by atoms with Gasteiger partial charge in [-0.05, 0) is 25.5 Å². The van der Waals surface area contributed by atoms with Crippen molar-refractivity contribution < 1.29 is 14.3 Å². The summed E-state index contributed by atoms with van der Waals surface area (Å²) in [5.74, 6) is 1.13. The van der Waals surface area contributed by atoms with E-state index in [0.717, 1.165) is 12.1 Å². The first-order valence-electron chi connectivity index (χ1n) is 7.31. The second-order valence-corrected chi connectivity index (χ2v) is 5.26. The molecule has 0 bridgehead atoms. The van der Waals surface area contributed by atoms with E-state index < -0.39 is 6.10 Å². The molecule has 0 fully saturated rings. The van der Waals surface area contributed by atoms with Crippen LogP contribution in [0.2, 0.25) is 0 Å². The van der Waals surface area contributed by atoms with Gasteiger partial charge in [-0.1, -0.05) is 6.92 Å². The van der Waals surface area contributed by atoms with Crippen molar-refractivity contribution in [3.05, 3.63) is 35.9 Å². The van der Waals surface area contributed by atoms with Crippen molar-refractivity contribution >= 4 is 11.8 Å². The lowest BCUT2D eigenvalue weighted by Gasteiger charge is -2.17. The standard InChI is InChI=1S/C15H22N4O3/c1-4-11-9-14(19(3)18-11)17-15(21)16-10(2)8-12(20)13-6-5-7-22-13/h5-7,9-10,12,20H,4,8H2,1-3H3,(H2,16,17,21)/t10-,12+/m0/s1. The van der Waals surface area contributed by atoms with E-state index in [9.17, 15) is 9.90 Å². The first-order valence-corrected chi connectivity index (χ1v) is 7.31. The van der Waals surface area contributed by atoms with Crippen LogP contribution in [0.3, 0.4) is 0 Å². The van der Waals surface area contributed by atoms with Crippen LogP contribution in [-0.2, 0) is 13.5 Å². The van der Waals surface area contributed by atoms with Gasteiger partial charge < -0.3 is 14.8 Å². The highest BCUT2D eigenvalue weighted by molar-refractivity contribution is 5.88. The quantitative estimate of drug-likeness (QED) is 0.763. The Bertz CT molecular complexity index is 606. The minimum atomic E-state index is -0.742. The zero-order chi connectivity index (χ0) is 16.1. The molecule has 7 heteroatoms. The van der Waals surface area contributed by atoms with E-state index in [-0.39, 0.29) is 12.1 Å². The molecule has 7 nitrogen and oxygen atoms in total. The van der Waals surface area contributed by atoms with Crippen LogP contribution in [0.5, 0.6) is 0 Å². The predicted molar refractivity (Wildman–Crippen MR) is 82.5 cm³/mol. The topological polar surface area (TPSA) is 92.3 Å². The van der Waals surface area contributed by atoms with Crippen LogP contribution in [0.4, 0.5) is 10.6 Å². The zero-order valence-corrected chi connectivity index (χ0v) is 13.0. The summed E-state index contributed by atoms with van der Waals surface area (Å²) in [6.07, 6.45) is 1.95. The summed E-state index contributed by atoms with van der Waals surface area (Å²) in [6.45, 7) is 3.83. The smallest absolute Gasteiger partial charge is 0.320 e. The number of aryl methyl sites for hydroxylation is 2. The van der Waals surface area contributed by atoms with Crippen molar-refractivity contribution in [3.63, 3.8) is 0 Å². The Morgan fingerprint density at radius 3 is 2.91 bits per heavy atom. The largest absolute Gasteiger partial charge is 0.467 e. The summed E-state index contributed by atoms with van der Waals surface area (Å²) in [6, 6.07) is 4.72. The number of furan rings is 1. The first kappa shape index (κ1) is 16.1.